The Morgan fingerprint density at radius 1 is 1.38 bits per heavy atom. The van der Waals surface area contributed by atoms with E-state index in [-0.39, 0.29) is 18.9 Å². The summed E-state index contributed by atoms with van der Waals surface area (Å²) in [6, 6.07) is 8.26. The fourth-order valence-electron chi connectivity index (χ4n) is 1.70. The van der Waals surface area contributed by atoms with E-state index in [1.165, 1.54) is 0 Å². The number of hydrogen-bond acceptors (Lipinski definition) is 5. The van der Waals surface area contributed by atoms with Crippen LogP contribution in [0.15, 0.2) is 34.9 Å². The number of carbonyl (C=O) groups excluding carboxylic acids is 1. The van der Waals surface area contributed by atoms with E-state index in [1.54, 1.807) is 37.3 Å². The molecule has 21 heavy (non-hydrogen) atoms. The van der Waals surface area contributed by atoms with E-state index in [0.717, 1.165) is 0 Å². The Morgan fingerprint density at radius 2 is 2.14 bits per heavy atom. The van der Waals surface area contributed by atoms with Gasteiger partial charge in [0.2, 0.25) is 0 Å². The first kappa shape index (κ1) is 14.6. The van der Waals surface area contributed by atoms with Crippen LogP contribution in [0, 0.1) is 6.92 Å². The summed E-state index contributed by atoms with van der Waals surface area (Å²) >= 11 is 0. The summed E-state index contributed by atoms with van der Waals surface area (Å²) < 4.78 is 9.95. The predicted molar refractivity (Wildman–Crippen MR) is 73.1 cm³/mol. The molecule has 1 aromatic carbocycles. The van der Waals surface area contributed by atoms with Gasteiger partial charge in [0.15, 0.2) is 6.61 Å². The number of amides is 1. The van der Waals surface area contributed by atoms with Crippen LogP contribution in [0.3, 0.4) is 0 Å². The highest BCUT2D eigenvalue weighted by Gasteiger charge is 2.10. The minimum Gasteiger partial charge on any atom is -0.481 e. The molecule has 0 atom stereocenters. The number of benzene rings is 1. The van der Waals surface area contributed by atoms with Gasteiger partial charge in [-0.05, 0) is 23.7 Å². The molecule has 1 aromatic heterocycles. The molecule has 2 aromatic rings. The number of carbonyl (C=O) groups is 2. The van der Waals surface area contributed by atoms with Crippen LogP contribution < -0.4 is 10.1 Å². The number of hydrogen-bond donors (Lipinski definition) is 2. The fourth-order valence-corrected chi connectivity index (χ4v) is 1.70. The van der Waals surface area contributed by atoms with Gasteiger partial charge in [0.05, 0.1) is 6.42 Å². The van der Waals surface area contributed by atoms with Gasteiger partial charge in [-0.3, -0.25) is 9.59 Å². The molecular weight excluding hydrogens is 276 g/mol. The molecule has 1 amide bonds. The summed E-state index contributed by atoms with van der Waals surface area (Å²) in [7, 11) is 0. The molecule has 7 nitrogen and oxygen atoms in total. The van der Waals surface area contributed by atoms with Crippen molar-refractivity contribution in [3.8, 4) is 5.88 Å². The van der Waals surface area contributed by atoms with Crippen molar-refractivity contribution < 1.29 is 24.0 Å². The monoisotopic (exact) mass is 290 g/mol. The topological polar surface area (TPSA) is 102 Å². The number of aromatic nitrogens is 1. The molecule has 2 rings (SSSR count). The van der Waals surface area contributed by atoms with Crippen molar-refractivity contribution in [3.05, 3.63) is 41.7 Å². The first-order valence-corrected chi connectivity index (χ1v) is 6.20. The molecule has 0 spiro atoms. The molecule has 0 radical (unpaired) electrons. The van der Waals surface area contributed by atoms with E-state index < -0.39 is 11.9 Å². The summed E-state index contributed by atoms with van der Waals surface area (Å²) in [4.78, 5) is 22.6. The lowest BCUT2D eigenvalue weighted by Crippen LogP contribution is -2.21. The van der Waals surface area contributed by atoms with Gasteiger partial charge in [-0.2, -0.15) is 0 Å². The minimum atomic E-state index is -0.967. The second-order valence-electron chi connectivity index (χ2n) is 4.34. The number of aryl methyl sites for hydroxylation is 1. The third kappa shape index (κ3) is 4.34. The highest BCUT2D eigenvalue weighted by Crippen LogP contribution is 2.16. The van der Waals surface area contributed by atoms with Crippen LogP contribution in [0.25, 0.3) is 0 Å². The van der Waals surface area contributed by atoms with Gasteiger partial charge in [-0.15, -0.1) is 0 Å². The summed E-state index contributed by atoms with van der Waals surface area (Å²) in [6.07, 6.45) is -0.167. The Kier molecular flexibility index (Phi) is 4.55. The third-order valence-corrected chi connectivity index (χ3v) is 2.59. The zero-order valence-corrected chi connectivity index (χ0v) is 11.3. The average Bonchev–Trinajstić information content (AvgIpc) is 2.84. The molecule has 0 saturated heterocycles. The third-order valence-electron chi connectivity index (χ3n) is 2.59. The number of ether oxygens (including phenoxy) is 1. The van der Waals surface area contributed by atoms with Gasteiger partial charge in [0.25, 0.3) is 11.8 Å². The zero-order chi connectivity index (χ0) is 15.2. The lowest BCUT2D eigenvalue weighted by molar-refractivity contribution is -0.136. The van der Waals surface area contributed by atoms with Crippen molar-refractivity contribution in [2.45, 2.75) is 13.3 Å². The summed E-state index contributed by atoms with van der Waals surface area (Å²) in [6.45, 7) is 1.47. The van der Waals surface area contributed by atoms with E-state index in [2.05, 4.69) is 10.5 Å². The Hall–Kier alpha value is -2.83. The minimum absolute atomic E-state index is 0.167. The van der Waals surface area contributed by atoms with E-state index >= 15 is 0 Å². The molecular formula is C14H14N2O5. The van der Waals surface area contributed by atoms with E-state index in [9.17, 15) is 9.59 Å². The van der Waals surface area contributed by atoms with Gasteiger partial charge in [0.1, 0.15) is 5.76 Å². The first-order chi connectivity index (χ1) is 10.0. The van der Waals surface area contributed by atoms with Crippen LogP contribution in [0.4, 0.5) is 5.69 Å². The lowest BCUT2D eigenvalue weighted by Gasteiger charge is -2.09. The molecule has 1 heterocycles. The number of carboxylic acid groups (broad SMARTS) is 1. The van der Waals surface area contributed by atoms with Crippen LogP contribution in [0.5, 0.6) is 5.88 Å². The van der Waals surface area contributed by atoms with Crippen molar-refractivity contribution in [3.63, 3.8) is 0 Å². The lowest BCUT2D eigenvalue weighted by atomic mass is 10.1. The maximum absolute atomic E-state index is 11.8. The molecule has 0 fully saturated rings. The summed E-state index contributed by atoms with van der Waals surface area (Å²) in [5.74, 6) is -0.571. The Labute approximate surface area is 120 Å². The molecule has 0 unspecified atom stereocenters. The standard InChI is InChI=1S/C14H14N2O5/c1-9-6-13(16-21-9)20-8-12(17)15-11-5-3-2-4-10(11)7-14(18)19/h2-6H,7-8H2,1H3,(H,15,17)(H,18,19). The van der Waals surface area contributed by atoms with E-state index in [1.807, 2.05) is 0 Å². The SMILES string of the molecule is Cc1cc(OCC(=O)Nc2ccccc2CC(=O)O)no1. The molecule has 7 heteroatoms. The van der Waals surface area contributed by atoms with Gasteiger partial charge >= 0.3 is 5.97 Å². The highest BCUT2D eigenvalue weighted by molar-refractivity contribution is 5.93. The zero-order valence-electron chi connectivity index (χ0n) is 11.3. The van der Waals surface area contributed by atoms with Crippen LogP contribution in [0.1, 0.15) is 11.3 Å². The molecule has 0 bridgehead atoms. The number of nitrogens with one attached hydrogen (secondary N) is 1. The predicted octanol–water partition coefficient (Wildman–Crippen LogP) is 1.63. The highest BCUT2D eigenvalue weighted by atomic mass is 16.5. The molecule has 0 aliphatic heterocycles. The maximum Gasteiger partial charge on any atom is 0.307 e. The van der Waals surface area contributed by atoms with Crippen molar-refractivity contribution in [1.82, 2.24) is 5.16 Å². The summed E-state index contributed by atoms with van der Waals surface area (Å²) in [5.41, 5.74) is 0.973. The number of para-hydroxylation sites is 1. The fraction of sp³-hybridized carbons (Fsp3) is 0.214. The van der Waals surface area contributed by atoms with E-state index in [0.29, 0.717) is 17.0 Å². The van der Waals surface area contributed by atoms with Crippen molar-refractivity contribution in [1.29, 1.82) is 0 Å². The average molecular weight is 290 g/mol. The Balaban J connectivity index is 1.94. The summed E-state index contributed by atoms with van der Waals surface area (Å²) in [5, 5.41) is 15.0. The van der Waals surface area contributed by atoms with Crippen LogP contribution >= 0.6 is 0 Å². The van der Waals surface area contributed by atoms with Gasteiger partial charge in [0, 0.05) is 11.8 Å². The number of carboxylic acids is 1. The second-order valence-corrected chi connectivity index (χ2v) is 4.34. The Bertz CT molecular complexity index is 650. The number of anilines is 1. The molecule has 0 aliphatic carbocycles. The molecule has 0 aliphatic rings. The number of nitrogens with zero attached hydrogens (tertiary/aromatic N) is 1. The molecule has 2 N–H and O–H groups in total. The normalized spacial score (nSPS) is 10.1. The van der Waals surface area contributed by atoms with E-state index in [4.69, 9.17) is 14.4 Å². The van der Waals surface area contributed by atoms with Gasteiger partial charge in [-0.1, -0.05) is 18.2 Å². The first-order valence-electron chi connectivity index (χ1n) is 6.20. The quantitative estimate of drug-likeness (QED) is 0.838. The molecule has 0 saturated carbocycles. The molecule has 110 valence electrons. The second kappa shape index (κ2) is 6.56. The van der Waals surface area contributed by atoms with Gasteiger partial charge < -0.3 is 19.7 Å². The van der Waals surface area contributed by atoms with Crippen molar-refractivity contribution in [2.75, 3.05) is 11.9 Å². The Morgan fingerprint density at radius 3 is 2.81 bits per heavy atom. The largest absolute Gasteiger partial charge is 0.481 e. The van der Waals surface area contributed by atoms with Crippen LogP contribution in [-0.4, -0.2) is 28.7 Å². The number of rotatable bonds is 6. The van der Waals surface area contributed by atoms with Crippen molar-refractivity contribution in [2.24, 2.45) is 0 Å². The van der Waals surface area contributed by atoms with Crippen LogP contribution in [-0.2, 0) is 16.0 Å². The van der Waals surface area contributed by atoms with Crippen LogP contribution in [0.2, 0.25) is 0 Å². The smallest absolute Gasteiger partial charge is 0.307 e. The van der Waals surface area contributed by atoms with Crippen molar-refractivity contribution >= 4 is 17.6 Å². The van der Waals surface area contributed by atoms with Gasteiger partial charge in [-0.25, -0.2) is 0 Å². The maximum atomic E-state index is 11.8. The number of aliphatic carboxylic acids is 1.